The van der Waals surface area contributed by atoms with Crippen molar-refractivity contribution in [3.63, 3.8) is 0 Å². The van der Waals surface area contributed by atoms with Crippen LogP contribution in [0.25, 0.3) is 0 Å². The number of rotatable bonds is 8. The van der Waals surface area contributed by atoms with Crippen molar-refractivity contribution in [2.24, 2.45) is 5.73 Å². The van der Waals surface area contributed by atoms with Crippen LogP contribution in [0.15, 0.2) is 49.2 Å². The molecule has 3 rings (SSSR count). The second kappa shape index (κ2) is 9.04. The molecule has 1 aromatic carbocycles. The average molecular weight is 434 g/mol. The van der Waals surface area contributed by atoms with Gasteiger partial charge in [-0.05, 0) is 36.4 Å². The van der Waals surface area contributed by atoms with Gasteiger partial charge in [-0.1, -0.05) is 6.58 Å². The maximum absolute atomic E-state index is 12.4. The molecule has 1 aromatic heterocycles. The predicted octanol–water partition coefficient (Wildman–Crippen LogP) is 2.54. The minimum atomic E-state index is -4.78. The lowest BCUT2D eigenvalue weighted by molar-refractivity contribution is -0.274. The summed E-state index contributed by atoms with van der Waals surface area (Å²) in [5.74, 6) is -0.453. The topological polar surface area (TPSA) is 116 Å². The van der Waals surface area contributed by atoms with Gasteiger partial charge in [0.15, 0.2) is 0 Å². The standard InChI is InChI=1S/C20H21F3N6O2/c1-2-17(30)27-9-15(25)18-16(29-10-12(24)11-29)7-8-26-19(18)28-13-3-5-14(6-4-13)31-20(21,22)23/h2-8,12,25H,1,9-11,24H2,(H,26,28)(H,27,30). The SMILES string of the molecule is C=CC(=O)NCC(=N)c1c(N2CC(N)C2)ccnc1Nc1ccc(OC(F)(F)F)cc1. The molecule has 0 unspecified atom stereocenters. The highest BCUT2D eigenvalue weighted by atomic mass is 19.4. The number of amides is 1. The molecule has 31 heavy (non-hydrogen) atoms. The van der Waals surface area contributed by atoms with Crippen molar-refractivity contribution in [2.45, 2.75) is 12.4 Å². The molecule has 1 aliphatic heterocycles. The van der Waals surface area contributed by atoms with Gasteiger partial charge in [0.2, 0.25) is 5.91 Å². The lowest BCUT2D eigenvalue weighted by atomic mass is 10.0. The lowest BCUT2D eigenvalue weighted by Gasteiger charge is -2.40. The number of hydrogen-bond donors (Lipinski definition) is 4. The van der Waals surface area contributed by atoms with Crippen LogP contribution in [0.2, 0.25) is 0 Å². The Morgan fingerprint density at radius 1 is 1.32 bits per heavy atom. The van der Waals surface area contributed by atoms with Crippen LogP contribution in [-0.2, 0) is 4.79 Å². The summed E-state index contributed by atoms with van der Waals surface area (Å²) in [4.78, 5) is 17.8. The molecule has 8 nitrogen and oxygen atoms in total. The molecule has 164 valence electrons. The quantitative estimate of drug-likeness (QED) is 0.375. The molecule has 1 aliphatic rings. The summed E-state index contributed by atoms with van der Waals surface area (Å²) in [5.41, 5.74) is 7.60. The van der Waals surface area contributed by atoms with Gasteiger partial charge in [0.05, 0.1) is 23.5 Å². The van der Waals surface area contributed by atoms with Crippen molar-refractivity contribution in [2.75, 3.05) is 29.9 Å². The summed E-state index contributed by atoms with van der Waals surface area (Å²) >= 11 is 0. The normalized spacial score (nSPS) is 13.9. The van der Waals surface area contributed by atoms with Crippen LogP contribution < -0.4 is 26.0 Å². The zero-order chi connectivity index (χ0) is 22.6. The minimum Gasteiger partial charge on any atom is -0.406 e. The Labute approximate surface area is 176 Å². The molecule has 0 bridgehead atoms. The highest BCUT2D eigenvalue weighted by Gasteiger charge is 2.31. The first-order valence-corrected chi connectivity index (χ1v) is 9.26. The van der Waals surface area contributed by atoms with E-state index in [1.807, 2.05) is 4.90 Å². The number of carbonyl (C=O) groups is 1. The molecule has 2 aromatic rings. The number of aromatic nitrogens is 1. The summed E-state index contributed by atoms with van der Waals surface area (Å²) in [6.45, 7) is 4.53. The number of nitrogens with zero attached hydrogens (tertiary/aromatic N) is 2. The third-order valence-corrected chi connectivity index (χ3v) is 4.46. The van der Waals surface area contributed by atoms with Crippen molar-refractivity contribution in [3.05, 3.63) is 54.7 Å². The molecule has 1 saturated heterocycles. The molecule has 1 amide bonds. The van der Waals surface area contributed by atoms with Crippen molar-refractivity contribution >= 4 is 28.8 Å². The van der Waals surface area contributed by atoms with Gasteiger partial charge in [-0.25, -0.2) is 4.98 Å². The van der Waals surface area contributed by atoms with E-state index >= 15 is 0 Å². The fraction of sp³-hybridized carbons (Fsp3) is 0.250. The Morgan fingerprint density at radius 2 is 2.00 bits per heavy atom. The maximum atomic E-state index is 12.4. The molecule has 1 fully saturated rings. The van der Waals surface area contributed by atoms with E-state index in [2.05, 4.69) is 26.9 Å². The number of pyridine rings is 1. The van der Waals surface area contributed by atoms with Crippen molar-refractivity contribution in [1.82, 2.24) is 10.3 Å². The molecule has 11 heteroatoms. The third kappa shape index (κ3) is 5.72. The number of ether oxygens (including phenoxy) is 1. The number of anilines is 3. The Bertz CT molecular complexity index is 972. The van der Waals surface area contributed by atoms with Gasteiger partial charge in [-0.15, -0.1) is 13.2 Å². The Kier molecular flexibility index (Phi) is 6.44. The summed E-state index contributed by atoms with van der Waals surface area (Å²) in [6.07, 6.45) is -2.11. The highest BCUT2D eigenvalue weighted by molar-refractivity contribution is 6.10. The number of alkyl halides is 3. The first kappa shape index (κ1) is 22.1. The van der Waals surface area contributed by atoms with E-state index in [-0.39, 0.29) is 24.0 Å². The monoisotopic (exact) mass is 434 g/mol. The zero-order valence-electron chi connectivity index (χ0n) is 16.4. The first-order valence-electron chi connectivity index (χ1n) is 9.26. The van der Waals surface area contributed by atoms with Crippen LogP contribution in [0.5, 0.6) is 5.75 Å². The fourth-order valence-electron chi connectivity index (χ4n) is 3.03. The van der Waals surface area contributed by atoms with Gasteiger partial charge in [0.1, 0.15) is 11.6 Å². The largest absolute Gasteiger partial charge is 0.573 e. The molecule has 0 atom stereocenters. The van der Waals surface area contributed by atoms with E-state index in [1.54, 1.807) is 12.3 Å². The molecule has 0 aliphatic carbocycles. The molecule has 2 heterocycles. The first-order chi connectivity index (χ1) is 14.7. The van der Waals surface area contributed by atoms with Crippen LogP contribution in [0.4, 0.5) is 30.4 Å². The number of nitrogens with two attached hydrogens (primary N) is 1. The van der Waals surface area contributed by atoms with Crippen LogP contribution in [-0.4, -0.2) is 48.6 Å². The van der Waals surface area contributed by atoms with Gasteiger partial charge in [0, 0.05) is 31.0 Å². The smallest absolute Gasteiger partial charge is 0.406 e. The van der Waals surface area contributed by atoms with Crippen molar-refractivity contribution in [1.29, 1.82) is 5.41 Å². The van der Waals surface area contributed by atoms with Gasteiger partial charge in [-0.3, -0.25) is 4.79 Å². The third-order valence-electron chi connectivity index (χ3n) is 4.46. The number of carbonyl (C=O) groups excluding carboxylic acids is 1. The summed E-state index contributed by atoms with van der Waals surface area (Å²) in [5, 5.41) is 14.1. The second-order valence-corrected chi connectivity index (χ2v) is 6.82. The summed E-state index contributed by atoms with van der Waals surface area (Å²) < 4.78 is 40.9. The van der Waals surface area contributed by atoms with Gasteiger partial charge >= 0.3 is 6.36 Å². The maximum Gasteiger partial charge on any atom is 0.573 e. The van der Waals surface area contributed by atoms with E-state index in [4.69, 9.17) is 11.1 Å². The highest BCUT2D eigenvalue weighted by Crippen LogP contribution is 2.32. The van der Waals surface area contributed by atoms with E-state index in [0.29, 0.717) is 35.8 Å². The van der Waals surface area contributed by atoms with E-state index in [1.165, 1.54) is 24.3 Å². The molecule has 0 saturated carbocycles. The van der Waals surface area contributed by atoms with Crippen LogP contribution in [0.1, 0.15) is 5.56 Å². The number of hydrogen-bond acceptors (Lipinski definition) is 7. The molecule has 0 radical (unpaired) electrons. The summed E-state index contributed by atoms with van der Waals surface area (Å²) in [7, 11) is 0. The fourth-order valence-corrected chi connectivity index (χ4v) is 3.03. The van der Waals surface area contributed by atoms with Gasteiger partial charge < -0.3 is 31.4 Å². The molecule has 0 spiro atoms. The molecule has 5 N–H and O–H groups in total. The van der Waals surface area contributed by atoms with Crippen molar-refractivity contribution < 1.29 is 22.7 Å². The van der Waals surface area contributed by atoms with Gasteiger partial charge in [0.25, 0.3) is 0 Å². The zero-order valence-corrected chi connectivity index (χ0v) is 16.4. The van der Waals surface area contributed by atoms with Crippen LogP contribution in [0, 0.1) is 5.41 Å². The Hall–Kier alpha value is -3.60. The average Bonchev–Trinajstić information content (AvgIpc) is 2.69. The van der Waals surface area contributed by atoms with Gasteiger partial charge in [-0.2, -0.15) is 0 Å². The number of nitrogens with one attached hydrogen (secondary N) is 3. The number of benzene rings is 1. The van der Waals surface area contributed by atoms with E-state index in [0.717, 1.165) is 6.08 Å². The van der Waals surface area contributed by atoms with E-state index in [9.17, 15) is 18.0 Å². The summed E-state index contributed by atoms with van der Waals surface area (Å²) in [6, 6.07) is 6.92. The molecular weight excluding hydrogens is 413 g/mol. The van der Waals surface area contributed by atoms with E-state index < -0.39 is 12.3 Å². The number of halogens is 3. The lowest BCUT2D eigenvalue weighted by Crippen LogP contribution is -2.56. The van der Waals surface area contributed by atoms with Crippen molar-refractivity contribution in [3.8, 4) is 5.75 Å². The van der Waals surface area contributed by atoms with Crippen LogP contribution >= 0.6 is 0 Å². The van der Waals surface area contributed by atoms with Crippen LogP contribution in [0.3, 0.4) is 0 Å². The second-order valence-electron chi connectivity index (χ2n) is 6.82. The minimum absolute atomic E-state index is 0.0215. The Morgan fingerprint density at radius 3 is 2.58 bits per heavy atom. The molecular formula is C20H21F3N6O2. The predicted molar refractivity (Wildman–Crippen MR) is 111 cm³/mol. The Balaban J connectivity index is 1.86.